The average Bonchev–Trinajstić information content (AvgIpc) is 2.26. The lowest BCUT2D eigenvalue weighted by Crippen LogP contribution is -2.07. The topological polar surface area (TPSA) is 63.4 Å². The summed E-state index contributed by atoms with van der Waals surface area (Å²) in [7, 11) is 0. The Labute approximate surface area is 95.1 Å². The fourth-order valence-electron chi connectivity index (χ4n) is 1.66. The van der Waals surface area contributed by atoms with Crippen LogP contribution < -0.4 is 0 Å². The zero-order valence-electron chi connectivity index (χ0n) is 9.73. The van der Waals surface area contributed by atoms with Crippen molar-refractivity contribution in [2.24, 2.45) is 0 Å². The molecule has 1 radical (unpaired) electrons. The van der Waals surface area contributed by atoms with E-state index in [4.69, 9.17) is 5.11 Å². The first-order valence-corrected chi connectivity index (χ1v) is 5.20. The number of para-hydroxylation sites is 1. The third-order valence-corrected chi connectivity index (χ3v) is 2.57. The van der Waals surface area contributed by atoms with E-state index in [2.05, 4.69) is 0 Å². The molecule has 1 aromatic carbocycles. The Morgan fingerprint density at radius 2 is 2.12 bits per heavy atom. The van der Waals surface area contributed by atoms with Gasteiger partial charge in [0, 0.05) is 17.0 Å². The molecule has 0 saturated heterocycles. The van der Waals surface area contributed by atoms with E-state index in [1.54, 1.807) is 25.1 Å². The molecule has 0 bridgehead atoms. The zero-order valence-corrected chi connectivity index (χ0v) is 9.73. The van der Waals surface area contributed by atoms with Gasteiger partial charge >= 0.3 is 0 Å². The van der Waals surface area contributed by atoms with Crippen molar-refractivity contribution in [2.75, 3.05) is 6.61 Å². The fraction of sp³-hybridized carbons (Fsp3) is 0.417. The molecule has 87 valence electrons. The molecule has 0 aromatic heterocycles. The van der Waals surface area contributed by atoms with Crippen molar-refractivity contribution in [2.45, 2.75) is 26.7 Å². The van der Waals surface area contributed by atoms with Gasteiger partial charge in [-0.05, 0) is 5.92 Å². The normalized spacial score (nSPS) is 11.1. The zero-order chi connectivity index (χ0) is 12.3. The van der Waals surface area contributed by atoms with Crippen molar-refractivity contribution >= 4 is 5.69 Å². The molecule has 0 heterocycles. The number of aliphatic hydroxyl groups excluding tert-OH is 1. The molecular formula is C12H16NO3. The molecule has 0 aliphatic rings. The lowest BCUT2D eigenvalue weighted by Gasteiger charge is -2.13. The third kappa shape index (κ3) is 2.39. The van der Waals surface area contributed by atoms with Crippen LogP contribution >= 0.6 is 0 Å². The minimum atomic E-state index is -0.371. The molecule has 0 unspecified atom stereocenters. The number of nitro benzene ring substituents is 1. The van der Waals surface area contributed by atoms with E-state index in [1.165, 1.54) is 0 Å². The highest BCUT2D eigenvalue weighted by atomic mass is 16.6. The molecule has 1 N–H and O–H groups in total. The Morgan fingerprint density at radius 1 is 1.50 bits per heavy atom. The Balaban J connectivity index is 3.38. The van der Waals surface area contributed by atoms with Crippen LogP contribution in [0.2, 0.25) is 0 Å². The van der Waals surface area contributed by atoms with E-state index in [0.717, 1.165) is 0 Å². The van der Waals surface area contributed by atoms with E-state index in [-0.39, 0.29) is 23.1 Å². The van der Waals surface area contributed by atoms with Crippen LogP contribution in [0.1, 0.15) is 37.8 Å². The largest absolute Gasteiger partial charge is 0.395 e. The Hall–Kier alpha value is -1.42. The number of hydrogen-bond acceptors (Lipinski definition) is 3. The number of benzene rings is 1. The van der Waals surface area contributed by atoms with E-state index >= 15 is 0 Å². The highest BCUT2D eigenvalue weighted by Crippen LogP contribution is 2.33. The van der Waals surface area contributed by atoms with Crippen LogP contribution in [0.15, 0.2) is 18.2 Å². The number of nitrogens with zero attached hydrogens (tertiary/aromatic N) is 1. The van der Waals surface area contributed by atoms with Gasteiger partial charge in [0.25, 0.3) is 5.69 Å². The van der Waals surface area contributed by atoms with Crippen molar-refractivity contribution in [3.63, 3.8) is 0 Å². The van der Waals surface area contributed by atoms with Gasteiger partial charge in [0.15, 0.2) is 0 Å². The van der Waals surface area contributed by atoms with Crippen molar-refractivity contribution in [3.8, 4) is 0 Å². The smallest absolute Gasteiger partial charge is 0.276 e. The van der Waals surface area contributed by atoms with Gasteiger partial charge in [0.1, 0.15) is 0 Å². The molecule has 0 aliphatic carbocycles. The number of aliphatic hydroxyl groups is 1. The maximum atomic E-state index is 11.1. The second kappa shape index (κ2) is 5.07. The lowest BCUT2D eigenvalue weighted by atomic mass is 9.92. The lowest BCUT2D eigenvalue weighted by molar-refractivity contribution is -0.386. The van der Waals surface area contributed by atoms with Crippen molar-refractivity contribution in [3.05, 3.63) is 45.4 Å². The maximum absolute atomic E-state index is 11.1. The molecule has 0 atom stereocenters. The summed E-state index contributed by atoms with van der Waals surface area (Å²) in [6.07, 6.45) is 0. The van der Waals surface area contributed by atoms with E-state index in [1.807, 2.05) is 13.8 Å². The van der Waals surface area contributed by atoms with Crippen molar-refractivity contribution < 1.29 is 10.0 Å². The minimum Gasteiger partial charge on any atom is -0.395 e. The third-order valence-electron chi connectivity index (χ3n) is 2.57. The predicted octanol–water partition coefficient (Wildman–Crippen LogP) is 2.65. The van der Waals surface area contributed by atoms with Crippen LogP contribution in [0, 0.1) is 16.0 Å². The first-order valence-electron chi connectivity index (χ1n) is 5.20. The fourth-order valence-corrected chi connectivity index (χ4v) is 1.66. The van der Waals surface area contributed by atoms with Gasteiger partial charge in [-0.3, -0.25) is 10.1 Å². The summed E-state index contributed by atoms with van der Waals surface area (Å²) in [6.45, 7) is 5.37. The van der Waals surface area contributed by atoms with Crippen LogP contribution in [-0.4, -0.2) is 16.6 Å². The average molecular weight is 222 g/mol. The number of rotatable bonds is 4. The van der Waals surface area contributed by atoms with E-state index < -0.39 is 0 Å². The van der Waals surface area contributed by atoms with E-state index in [0.29, 0.717) is 17.0 Å². The Morgan fingerprint density at radius 3 is 2.56 bits per heavy atom. The van der Waals surface area contributed by atoms with E-state index in [9.17, 15) is 10.1 Å². The number of hydrogen-bond donors (Lipinski definition) is 1. The molecule has 0 saturated carbocycles. The van der Waals surface area contributed by atoms with Crippen LogP contribution in [0.3, 0.4) is 0 Å². The highest BCUT2D eigenvalue weighted by molar-refractivity contribution is 5.54. The summed E-state index contributed by atoms with van der Waals surface area (Å²) in [5.41, 5.74) is 1.35. The molecule has 4 nitrogen and oxygen atoms in total. The maximum Gasteiger partial charge on any atom is 0.276 e. The Bertz CT molecular complexity index is 388. The molecular weight excluding hydrogens is 206 g/mol. The summed E-state index contributed by atoms with van der Waals surface area (Å²) < 4.78 is 0. The van der Waals surface area contributed by atoms with Gasteiger partial charge in [0.05, 0.1) is 11.5 Å². The molecule has 1 rings (SSSR count). The molecule has 1 aromatic rings. The van der Waals surface area contributed by atoms with Crippen molar-refractivity contribution in [1.82, 2.24) is 0 Å². The van der Waals surface area contributed by atoms with Crippen LogP contribution in [0.5, 0.6) is 0 Å². The first kappa shape index (κ1) is 12.6. The molecule has 16 heavy (non-hydrogen) atoms. The predicted molar refractivity (Wildman–Crippen MR) is 62.3 cm³/mol. The van der Waals surface area contributed by atoms with Gasteiger partial charge < -0.3 is 5.11 Å². The first-order chi connectivity index (χ1) is 7.49. The standard InChI is InChI=1S/C12H16NO3/c1-8(2)10-5-4-6-11(9(3)7-14)12(10)13(15)16/h4-6,8,14H,7H2,1-3H3. The molecule has 0 amide bonds. The summed E-state index contributed by atoms with van der Waals surface area (Å²) in [5, 5.41) is 20.1. The highest BCUT2D eigenvalue weighted by Gasteiger charge is 2.24. The Kier molecular flexibility index (Phi) is 4.01. The van der Waals surface area contributed by atoms with Crippen LogP contribution in [0.4, 0.5) is 5.69 Å². The summed E-state index contributed by atoms with van der Waals surface area (Å²) in [6, 6.07) is 5.23. The summed E-state index contributed by atoms with van der Waals surface area (Å²) >= 11 is 0. The van der Waals surface area contributed by atoms with Gasteiger partial charge in [0.2, 0.25) is 0 Å². The molecule has 0 aliphatic heterocycles. The monoisotopic (exact) mass is 222 g/mol. The van der Waals surface area contributed by atoms with Gasteiger partial charge in [-0.15, -0.1) is 0 Å². The van der Waals surface area contributed by atoms with Gasteiger partial charge in [-0.25, -0.2) is 0 Å². The summed E-state index contributed by atoms with van der Waals surface area (Å²) in [5.74, 6) is 0.709. The second-order valence-electron chi connectivity index (χ2n) is 4.09. The quantitative estimate of drug-likeness (QED) is 0.629. The molecule has 0 spiro atoms. The molecule has 4 heteroatoms. The van der Waals surface area contributed by atoms with Gasteiger partial charge in [-0.1, -0.05) is 39.0 Å². The number of nitro groups is 1. The minimum absolute atomic E-state index is 0.0897. The SMILES string of the molecule is C[C](CO)c1cccc(C(C)C)c1[N+](=O)[O-]. The summed E-state index contributed by atoms with van der Waals surface area (Å²) in [4.78, 5) is 10.7. The van der Waals surface area contributed by atoms with Gasteiger partial charge in [-0.2, -0.15) is 0 Å². The van der Waals surface area contributed by atoms with Crippen LogP contribution in [-0.2, 0) is 0 Å². The second-order valence-corrected chi connectivity index (χ2v) is 4.09. The van der Waals surface area contributed by atoms with Crippen LogP contribution in [0.25, 0.3) is 0 Å². The molecule has 0 fully saturated rings. The van der Waals surface area contributed by atoms with Crippen molar-refractivity contribution in [1.29, 1.82) is 0 Å².